The maximum Gasteiger partial charge on any atom is 0.223 e. The number of nitrogens with two attached hydrogens (primary N) is 1. The van der Waals surface area contributed by atoms with Crippen LogP contribution in [-0.2, 0) is 10.2 Å². The van der Waals surface area contributed by atoms with Crippen molar-refractivity contribution < 1.29 is 4.79 Å². The summed E-state index contributed by atoms with van der Waals surface area (Å²) in [6, 6.07) is 11.7. The van der Waals surface area contributed by atoms with Crippen LogP contribution in [0.5, 0.6) is 0 Å². The molecule has 1 aromatic rings. The molecule has 5 aliphatic carbocycles. The molecule has 28 heavy (non-hydrogen) atoms. The third-order valence-corrected chi connectivity index (χ3v) is 9.08. The normalized spacial score (nSPS) is 44.4. The standard InChI is InChI=1S/C24H33ClN2O/c25-15-23-10-16-12-24(14-23,18-4-2-1-3-5-18)13-17(11-23)21(16)22(28)27-20-8-6-19(26)7-9-20/h1-5,16-17,19-21H,6-15,26H2,(H,27,28)/t16?,17?,19-,20-,21?,23?,24?. The average molecular weight is 401 g/mol. The van der Waals surface area contributed by atoms with Crippen molar-refractivity contribution in [1.82, 2.24) is 5.32 Å². The second kappa shape index (κ2) is 7.02. The molecule has 2 atom stereocenters. The zero-order chi connectivity index (χ0) is 19.4. The molecule has 0 heterocycles. The first-order valence-electron chi connectivity index (χ1n) is 11.2. The largest absolute Gasteiger partial charge is 0.353 e. The first-order valence-corrected chi connectivity index (χ1v) is 11.7. The van der Waals surface area contributed by atoms with Gasteiger partial charge in [-0.1, -0.05) is 30.3 Å². The Bertz CT molecular complexity index is 711. The van der Waals surface area contributed by atoms with Gasteiger partial charge in [0.1, 0.15) is 0 Å². The Morgan fingerprint density at radius 1 is 1.04 bits per heavy atom. The monoisotopic (exact) mass is 400 g/mol. The molecule has 0 aromatic heterocycles. The van der Waals surface area contributed by atoms with Crippen molar-refractivity contribution in [2.24, 2.45) is 28.9 Å². The Kier molecular flexibility index (Phi) is 4.75. The Morgan fingerprint density at radius 3 is 2.29 bits per heavy atom. The van der Waals surface area contributed by atoms with E-state index >= 15 is 0 Å². The number of rotatable bonds is 4. The SMILES string of the molecule is N[C@H]1CC[C@H](NC(=O)C2C3CC4(CCl)CC2CC(c2ccccc2)(C3)C4)CC1. The molecule has 5 fully saturated rings. The highest BCUT2D eigenvalue weighted by Crippen LogP contribution is 2.67. The number of amides is 1. The van der Waals surface area contributed by atoms with E-state index < -0.39 is 0 Å². The number of hydrogen-bond donors (Lipinski definition) is 2. The van der Waals surface area contributed by atoms with E-state index in [9.17, 15) is 4.79 Å². The fourth-order valence-corrected chi connectivity index (χ4v) is 7.91. The lowest BCUT2D eigenvalue weighted by Gasteiger charge is -2.64. The first kappa shape index (κ1) is 18.9. The van der Waals surface area contributed by atoms with Crippen molar-refractivity contribution in [3.63, 3.8) is 0 Å². The average Bonchev–Trinajstić information content (AvgIpc) is 2.70. The van der Waals surface area contributed by atoms with E-state index in [2.05, 4.69) is 35.6 Å². The van der Waals surface area contributed by atoms with Gasteiger partial charge in [0.15, 0.2) is 0 Å². The highest BCUT2D eigenvalue weighted by atomic mass is 35.5. The molecule has 5 aliphatic rings. The van der Waals surface area contributed by atoms with Gasteiger partial charge >= 0.3 is 0 Å². The molecule has 1 amide bonds. The van der Waals surface area contributed by atoms with Crippen molar-refractivity contribution in [3.05, 3.63) is 35.9 Å². The molecular weight excluding hydrogens is 368 g/mol. The van der Waals surface area contributed by atoms with Gasteiger partial charge < -0.3 is 11.1 Å². The summed E-state index contributed by atoms with van der Waals surface area (Å²) in [5, 5.41) is 3.42. The number of alkyl halides is 1. The quantitative estimate of drug-likeness (QED) is 0.737. The molecule has 0 radical (unpaired) electrons. The van der Waals surface area contributed by atoms with Crippen LogP contribution in [0.2, 0.25) is 0 Å². The second-order valence-corrected chi connectivity index (χ2v) is 10.7. The molecule has 3 nitrogen and oxygen atoms in total. The highest BCUT2D eigenvalue weighted by molar-refractivity contribution is 6.18. The van der Waals surface area contributed by atoms with Crippen LogP contribution >= 0.6 is 11.6 Å². The molecule has 2 unspecified atom stereocenters. The van der Waals surface area contributed by atoms with E-state index in [1.807, 2.05) is 0 Å². The predicted molar refractivity (Wildman–Crippen MR) is 113 cm³/mol. The lowest BCUT2D eigenvalue weighted by atomic mass is 9.40. The second-order valence-electron chi connectivity index (χ2n) is 10.4. The Morgan fingerprint density at radius 2 is 1.68 bits per heavy atom. The molecule has 0 aliphatic heterocycles. The minimum absolute atomic E-state index is 0.184. The van der Waals surface area contributed by atoms with E-state index in [4.69, 9.17) is 17.3 Å². The minimum Gasteiger partial charge on any atom is -0.353 e. The first-order chi connectivity index (χ1) is 13.5. The number of benzene rings is 1. The van der Waals surface area contributed by atoms with Crippen molar-refractivity contribution in [2.45, 2.75) is 75.3 Å². The van der Waals surface area contributed by atoms with E-state index in [0.29, 0.717) is 29.8 Å². The third kappa shape index (κ3) is 3.10. The molecule has 4 heteroatoms. The molecule has 5 saturated carbocycles. The van der Waals surface area contributed by atoms with Crippen molar-refractivity contribution >= 4 is 17.5 Å². The minimum atomic E-state index is 0.184. The predicted octanol–water partition coefficient (Wildman–Crippen LogP) is 4.38. The van der Waals surface area contributed by atoms with E-state index in [1.165, 1.54) is 12.0 Å². The molecule has 1 aromatic carbocycles. The number of halogens is 1. The topological polar surface area (TPSA) is 55.1 Å². The lowest BCUT2D eigenvalue weighted by Crippen LogP contribution is -2.61. The van der Waals surface area contributed by atoms with Crippen LogP contribution in [0.3, 0.4) is 0 Å². The summed E-state index contributed by atoms with van der Waals surface area (Å²) in [5.74, 6) is 2.20. The molecule has 0 saturated heterocycles. The van der Waals surface area contributed by atoms with Crippen LogP contribution < -0.4 is 11.1 Å². The van der Waals surface area contributed by atoms with Gasteiger partial charge in [0.25, 0.3) is 0 Å². The number of nitrogens with one attached hydrogen (secondary N) is 1. The molecule has 0 spiro atoms. The molecule has 6 rings (SSSR count). The maximum absolute atomic E-state index is 13.3. The van der Waals surface area contributed by atoms with Crippen molar-refractivity contribution in [3.8, 4) is 0 Å². The number of carbonyl (C=O) groups excluding carboxylic acids is 1. The zero-order valence-corrected chi connectivity index (χ0v) is 17.5. The lowest BCUT2D eigenvalue weighted by molar-refractivity contribution is -0.148. The molecule has 4 bridgehead atoms. The van der Waals surface area contributed by atoms with E-state index in [0.717, 1.165) is 57.2 Å². The zero-order valence-electron chi connectivity index (χ0n) is 16.7. The Hall–Kier alpha value is -1.06. The smallest absolute Gasteiger partial charge is 0.223 e. The van der Waals surface area contributed by atoms with Crippen LogP contribution in [0.25, 0.3) is 0 Å². The molecule has 152 valence electrons. The van der Waals surface area contributed by atoms with Crippen LogP contribution in [0.1, 0.15) is 63.4 Å². The van der Waals surface area contributed by atoms with Crippen molar-refractivity contribution in [2.75, 3.05) is 5.88 Å². The van der Waals surface area contributed by atoms with Gasteiger partial charge in [-0.15, -0.1) is 11.6 Å². The van der Waals surface area contributed by atoms with Gasteiger partial charge in [0.05, 0.1) is 0 Å². The van der Waals surface area contributed by atoms with Gasteiger partial charge in [0, 0.05) is 23.9 Å². The van der Waals surface area contributed by atoms with Gasteiger partial charge in [-0.25, -0.2) is 0 Å². The number of carbonyl (C=O) groups is 1. The third-order valence-electron chi connectivity index (χ3n) is 8.52. The van der Waals surface area contributed by atoms with Crippen LogP contribution in [0.4, 0.5) is 0 Å². The summed E-state index contributed by atoms with van der Waals surface area (Å²) < 4.78 is 0. The van der Waals surface area contributed by atoms with Crippen LogP contribution in [-0.4, -0.2) is 23.9 Å². The summed E-state index contributed by atoms with van der Waals surface area (Å²) in [5.41, 5.74) is 7.98. The van der Waals surface area contributed by atoms with E-state index in [-0.39, 0.29) is 16.7 Å². The van der Waals surface area contributed by atoms with Gasteiger partial charge in [-0.3, -0.25) is 4.79 Å². The van der Waals surface area contributed by atoms with Crippen molar-refractivity contribution in [1.29, 1.82) is 0 Å². The number of hydrogen-bond acceptors (Lipinski definition) is 2. The summed E-state index contributed by atoms with van der Waals surface area (Å²) in [4.78, 5) is 13.3. The van der Waals surface area contributed by atoms with Gasteiger partial charge in [-0.05, 0) is 86.0 Å². The van der Waals surface area contributed by atoms with Gasteiger partial charge in [0.2, 0.25) is 5.91 Å². The van der Waals surface area contributed by atoms with E-state index in [1.54, 1.807) is 0 Å². The Labute approximate surface area is 173 Å². The summed E-state index contributed by atoms with van der Waals surface area (Å²) in [6.07, 6.45) is 9.92. The fraction of sp³-hybridized carbons (Fsp3) is 0.708. The maximum atomic E-state index is 13.3. The molecular formula is C24H33ClN2O. The Balaban J connectivity index is 1.37. The van der Waals surface area contributed by atoms with Crippen LogP contribution in [0.15, 0.2) is 30.3 Å². The summed E-state index contributed by atoms with van der Waals surface area (Å²) in [6.45, 7) is 0. The summed E-state index contributed by atoms with van der Waals surface area (Å²) >= 11 is 6.56. The summed E-state index contributed by atoms with van der Waals surface area (Å²) in [7, 11) is 0. The fourth-order valence-electron chi connectivity index (χ4n) is 7.60. The van der Waals surface area contributed by atoms with Crippen LogP contribution in [0, 0.1) is 23.2 Å². The highest BCUT2D eigenvalue weighted by Gasteiger charge is 2.62. The van der Waals surface area contributed by atoms with Gasteiger partial charge in [-0.2, -0.15) is 0 Å². The molecule has 3 N–H and O–H groups in total.